The van der Waals surface area contributed by atoms with Crippen LogP contribution < -0.4 is 5.32 Å². The molecule has 1 aromatic carbocycles. The Labute approximate surface area is 167 Å². The van der Waals surface area contributed by atoms with Gasteiger partial charge in [-0.05, 0) is 62.3 Å². The molecule has 27 heavy (non-hydrogen) atoms. The third-order valence-corrected chi connectivity index (χ3v) is 6.29. The summed E-state index contributed by atoms with van der Waals surface area (Å²) in [6, 6.07) is 13.0. The molecule has 1 aliphatic rings. The number of hydrogen-bond acceptors (Lipinski definition) is 3. The summed E-state index contributed by atoms with van der Waals surface area (Å²) in [6.07, 6.45) is 7.84. The SMILES string of the molecule is CC(C)OCCCNC(=O)c1ccc(-c2ccc(C3CCCCC3)cc2)s1. The van der Waals surface area contributed by atoms with Crippen LogP contribution in [0.1, 0.15) is 73.5 Å². The summed E-state index contributed by atoms with van der Waals surface area (Å²) >= 11 is 1.56. The molecule has 0 atom stereocenters. The van der Waals surface area contributed by atoms with Crippen molar-refractivity contribution in [1.82, 2.24) is 5.32 Å². The summed E-state index contributed by atoms with van der Waals surface area (Å²) in [5.74, 6) is 0.742. The number of carbonyl (C=O) groups excluding carboxylic acids is 1. The highest BCUT2D eigenvalue weighted by Gasteiger charge is 2.16. The van der Waals surface area contributed by atoms with Crippen molar-refractivity contribution < 1.29 is 9.53 Å². The molecule has 1 heterocycles. The van der Waals surface area contributed by atoms with E-state index in [-0.39, 0.29) is 12.0 Å². The molecule has 0 radical (unpaired) electrons. The van der Waals surface area contributed by atoms with E-state index in [4.69, 9.17) is 4.74 Å². The third kappa shape index (κ3) is 5.91. The molecule has 0 bridgehead atoms. The predicted octanol–water partition coefficient (Wildman–Crippen LogP) is 6.01. The van der Waals surface area contributed by atoms with Crippen LogP contribution in [0.2, 0.25) is 0 Å². The lowest BCUT2D eigenvalue weighted by Crippen LogP contribution is -2.24. The Hall–Kier alpha value is -1.65. The number of hydrogen-bond donors (Lipinski definition) is 1. The fraction of sp³-hybridized carbons (Fsp3) is 0.522. The topological polar surface area (TPSA) is 38.3 Å². The van der Waals surface area contributed by atoms with Crippen LogP contribution in [-0.2, 0) is 4.74 Å². The molecule has 146 valence electrons. The van der Waals surface area contributed by atoms with Crippen LogP contribution in [0.3, 0.4) is 0 Å². The maximum Gasteiger partial charge on any atom is 0.261 e. The van der Waals surface area contributed by atoms with Gasteiger partial charge in [0, 0.05) is 18.0 Å². The zero-order valence-corrected chi connectivity index (χ0v) is 17.3. The van der Waals surface area contributed by atoms with Crippen LogP contribution in [0.15, 0.2) is 36.4 Å². The minimum absolute atomic E-state index is 0.00891. The summed E-state index contributed by atoms with van der Waals surface area (Å²) in [6.45, 7) is 5.37. The number of nitrogens with one attached hydrogen (secondary N) is 1. The van der Waals surface area contributed by atoms with Gasteiger partial charge < -0.3 is 10.1 Å². The van der Waals surface area contributed by atoms with Gasteiger partial charge in [0.05, 0.1) is 11.0 Å². The maximum atomic E-state index is 12.3. The van der Waals surface area contributed by atoms with Crippen LogP contribution >= 0.6 is 11.3 Å². The monoisotopic (exact) mass is 385 g/mol. The number of thiophene rings is 1. The lowest BCUT2D eigenvalue weighted by molar-refractivity contribution is 0.0757. The van der Waals surface area contributed by atoms with Crippen molar-refractivity contribution in [3.8, 4) is 10.4 Å². The van der Waals surface area contributed by atoms with Crippen molar-refractivity contribution in [3.05, 3.63) is 46.8 Å². The zero-order valence-electron chi connectivity index (χ0n) is 16.5. The molecule has 3 rings (SSSR count). The van der Waals surface area contributed by atoms with Crippen LogP contribution in [0, 0.1) is 0 Å². The number of carbonyl (C=O) groups is 1. The van der Waals surface area contributed by atoms with E-state index >= 15 is 0 Å². The molecule has 1 fully saturated rings. The predicted molar refractivity (Wildman–Crippen MR) is 114 cm³/mol. The van der Waals surface area contributed by atoms with E-state index in [1.165, 1.54) is 43.2 Å². The third-order valence-electron chi connectivity index (χ3n) is 5.16. The van der Waals surface area contributed by atoms with Gasteiger partial charge in [-0.1, -0.05) is 43.5 Å². The lowest BCUT2D eigenvalue weighted by Gasteiger charge is -2.22. The van der Waals surface area contributed by atoms with E-state index < -0.39 is 0 Å². The molecule has 0 spiro atoms. The van der Waals surface area contributed by atoms with Crippen molar-refractivity contribution in [2.45, 2.75) is 64.4 Å². The molecular weight excluding hydrogens is 354 g/mol. The van der Waals surface area contributed by atoms with E-state index in [0.29, 0.717) is 13.2 Å². The van der Waals surface area contributed by atoms with Gasteiger partial charge in [-0.25, -0.2) is 0 Å². The minimum Gasteiger partial charge on any atom is -0.379 e. The number of amides is 1. The summed E-state index contributed by atoms with van der Waals surface area (Å²) in [4.78, 5) is 14.2. The first kappa shape index (κ1) is 20.1. The molecule has 3 nitrogen and oxygen atoms in total. The first-order valence-corrected chi connectivity index (χ1v) is 11.0. The molecular formula is C23H31NO2S. The Morgan fingerprint density at radius 3 is 2.56 bits per heavy atom. The van der Waals surface area contributed by atoms with Crippen molar-refractivity contribution in [2.24, 2.45) is 0 Å². The molecule has 1 saturated carbocycles. The van der Waals surface area contributed by atoms with Crippen LogP contribution in [-0.4, -0.2) is 25.2 Å². The largest absolute Gasteiger partial charge is 0.379 e. The fourth-order valence-corrected chi connectivity index (χ4v) is 4.58. The fourth-order valence-electron chi connectivity index (χ4n) is 3.65. The van der Waals surface area contributed by atoms with Gasteiger partial charge in [0.2, 0.25) is 0 Å². The highest BCUT2D eigenvalue weighted by atomic mass is 32.1. The average Bonchev–Trinajstić information content (AvgIpc) is 3.18. The molecule has 0 aliphatic heterocycles. The minimum atomic E-state index is 0.00891. The lowest BCUT2D eigenvalue weighted by atomic mass is 9.84. The van der Waals surface area contributed by atoms with Crippen molar-refractivity contribution >= 4 is 17.2 Å². The molecule has 1 amide bonds. The zero-order chi connectivity index (χ0) is 19.1. The van der Waals surface area contributed by atoms with Gasteiger partial charge in [-0.15, -0.1) is 11.3 Å². The first-order valence-electron chi connectivity index (χ1n) is 10.2. The highest BCUT2D eigenvalue weighted by molar-refractivity contribution is 7.17. The molecule has 0 saturated heterocycles. The number of benzene rings is 1. The van der Waals surface area contributed by atoms with Crippen molar-refractivity contribution in [3.63, 3.8) is 0 Å². The second kappa shape index (κ2) is 10.0. The molecule has 1 N–H and O–H groups in total. The summed E-state index contributed by atoms with van der Waals surface area (Å²) < 4.78 is 5.50. The standard InChI is InChI=1S/C23H31NO2S/c1-17(2)26-16-6-15-24-23(25)22-14-13-21(27-22)20-11-9-19(10-12-20)18-7-4-3-5-8-18/h9-14,17-18H,3-8,15-16H2,1-2H3,(H,24,25). The number of ether oxygens (including phenoxy) is 1. The van der Waals surface area contributed by atoms with Gasteiger partial charge in [-0.3, -0.25) is 4.79 Å². The maximum absolute atomic E-state index is 12.3. The van der Waals surface area contributed by atoms with Crippen LogP contribution in [0.25, 0.3) is 10.4 Å². The van der Waals surface area contributed by atoms with E-state index in [9.17, 15) is 4.79 Å². The molecule has 4 heteroatoms. The van der Waals surface area contributed by atoms with Gasteiger partial charge in [-0.2, -0.15) is 0 Å². The van der Waals surface area contributed by atoms with Gasteiger partial charge in [0.1, 0.15) is 0 Å². The second-order valence-electron chi connectivity index (χ2n) is 7.65. The first-order chi connectivity index (χ1) is 13.1. The highest BCUT2D eigenvalue weighted by Crippen LogP contribution is 2.34. The van der Waals surface area contributed by atoms with E-state index in [2.05, 4.69) is 35.6 Å². The summed E-state index contributed by atoms with van der Waals surface area (Å²) in [5.41, 5.74) is 2.67. The van der Waals surface area contributed by atoms with Crippen molar-refractivity contribution in [2.75, 3.05) is 13.2 Å². The smallest absolute Gasteiger partial charge is 0.261 e. The van der Waals surface area contributed by atoms with Crippen LogP contribution in [0.4, 0.5) is 0 Å². The average molecular weight is 386 g/mol. The van der Waals surface area contributed by atoms with Gasteiger partial charge >= 0.3 is 0 Å². The Bertz CT molecular complexity index is 714. The Kier molecular flexibility index (Phi) is 7.48. The summed E-state index contributed by atoms with van der Waals surface area (Å²) in [7, 11) is 0. The molecule has 1 aliphatic carbocycles. The van der Waals surface area contributed by atoms with E-state index in [0.717, 1.165) is 22.1 Å². The van der Waals surface area contributed by atoms with Gasteiger partial charge in [0.25, 0.3) is 5.91 Å². The van der Waals surface area contributed by atoms with E-state index in [1.54, 1.807) is 11.3 Å². The van der Waals surface area contributed by atoms with E-state index in [1.807, 2.05) is 19.9 Å². The quantitative estimate of drug-likeness (QED) is 0.565. The Morgan fingerprint density at radius 1 is 1.11 bits per heavy atom. The van der Waals surface area contributed by atoms with Crippen LogP contribution in [0.5, 0.6) is 0 Å². The second-order valence-corrected chi connectivity index (χ2v) is 8.73. The van der Waals surface area contributed by atoms with Crippen molar-refractivity contribution in [1.29, 1.82) is 0 Å². The summed E-state index contributed by atoms with van der Waals surface area (Å²) in [5, 5.41) is 2.98. The Morgan fingerprint density at radius 2 is 1.85 bits per heavy atom. The van der Waals surface area contributed by atoms with Gasteiger partial charge in [0.15, 0.2) is 0 Å². The number of rotatable bonds is 8. The Balaban J connectivity index is 1.53. The normalized spacial score (nSPS) is 15.2. The molecule has 0 unspecified atom stereocenters. The molecule has 1 aromatic heterocycles. The molecule has 2 aromatic rings.